The van der Waals surface area contributed by atoms with Crippen LogP contribution in [-0.2, 0) is 4.74 Å². The molecular weight excluding hydrogens is 389 g/mol. The fourth-order valence-corrected chi connectivity index (χ4v) is 3.53. The summed E-state index contributed by atoms with van der Waals surface area (Å²) in [5.74, 6) is -0.226. The van der Waals surface area contributed by atoms with E-state index in [1.54, 1.807) is 11.0 Å². The van der Waals surface area contributed by atoms with E-state index in [1.165, 1.54) is 12.4 Å². The van der Waals surface area contributed by atoms with Crippen molar-refractivity contribution in [1.29, 1.82) is 0 Å². The zero-order valence-corrected chi connectivity index (χ0v) is 16.1. The van der Waals surface area contributed by atoms with Crippen molar-refractivity contribution >= 4 is 32.9 Å². The van der Waals surface area contributed by atoms with Crippen LogP contribution in [0.1, 0.15) is 45.2 Å². The van der Waals surface area contributed by atoms with Gasteiger partial charge in [-0.2, -0.15) is 0 Å². The van der Waals surface area contributed by atoms with Crippen LogP contribution in [0.4, 0.5) is 9.18 Å². The van der Waals surface area contributed by atoms with Crippen molar-refractivity contribution < 1.29 is 13.9 Å². The van der Waals surface area contributed by atoms with Crippen molar-refractivity contribution in [1.82, 2.24) is 14.9 Å². The molecule has 0 unspecified atom stereocenters. The van der Waals surface area contributed by atoms with Gasteiger partial charge in [0.15, 0.2) is 0 Å². The Balaban J connectivity index is 1.79. The first-order valence-electron chi connectivity index (χ1n) is 8.33. The predicted molar refractivity (Wildman–Crippen MR) is 97.0 cm³/mol. The number of halogens is 2. The second-order valence-electron chi connectivity index (χ2n) is 7.25. The standard InChI is InChI=1S/C18H21BrFN3O2/c1-18(2,3)25-17(24)23-8-6-11(7-9-23)15-14-13(20)5-4-12(19)16(14)22-10-21-15/h4-5,10-11H,6-9H2,1-3H3. The maximum Gasteiger partial charge on any atom is 0.410 e. The maximum absolute atomic E-state index is 14.4. The molecule has 0 radical (unpaired) electrons. The third kappa shape index (κ3) is 3.92. The molecule has 1 aliphatic heterocycles. The van der Waals surface area contributed by atoms with E-state index >= 15 is 0 Å². The maximum atomic E-state index is 14.4. The van der Waals surface area contributed by atoms with Gasteiger partial charge in [0.2, 0.25) is 0 Å². The lowest BCUT2D eigenvalue weighted by Crippen LogP contribution is -2.41. The number of nitrogens with zero attached hydrogens (tertiary/aromatic N) is 3. The molecule has 25 heavy (non-hydrogen) atoms. The monoisotopic (exact) mass is 409 g/mol. The number of carbonyl (C=O) groups is 1. The van der Waals surface area contributed by atoms with Gasteiger partial charge in [0.05, 0.1) is 16.6 Å². The first-order valence-corrected chi connectivity index (χ1v) is 9.12. The topological polar surface area (TPSA) is 55.3 Å². The van der Waals surface area contributed by atoms with Crippen molar-refractivity contribution in [2.45, 2.75) is 45.1 Å². The van der Waals surface area contributed by atoms with Gasteiger partial charge in [0, 0.05) is 23.5 Å². The lowest BCUT2D eigenvalue weighted by Gasteiger charge is -2.33. The quantitative estimate of drug-likeness (QED) is 0.687. The van der Waals surface area contributed by atoms with Crippen molar-refractivity contribution in [2.75, 3.05) is 13.1 Å². The number of benzene rings is 1. The van der Waals surface area contributed by atoms with Crippen molar-refractivity contribution in [3.63, 3.8) is 0 Å². The minimum absolute atomic E-state index is 0.0907. The van der Waals surface area contributed by atoms with Crippen LogP contribution < -0.4 is 0 Å². The number of ether oxygens (including phenoxy) is 1. The predicted octanol–water partition coefficient (Wildman–Crippen LogP) is 4.65. The minimum atomic E-state index is -0.508. The Bertz CT molecular complexity index is 799. The summed E-state index contributed by atoms with van der Waals surface area (Å²) < 4.78 is 20.6. The smallest absolute Gasteiger partial charge is 0.410 e. The van der Waals surface area contributed by atoms with Gasteiger partial charge < -0.3 is 9.64 Å². The van der Waals surface area contributed by atoms with Gasteiger partial charge in [-0.05, 0) is 61.7 Å². The molecule has 2 heterocycles. The summed E-state index contributed by atoms with van der Waals surface area (Å²) in [6.07, 6.45) is 2.61. The Morgan fingerprint density at radius 3 is 2.60 bits per heavy atom. The zero-order valence-electron chi connectivity index (χ0n) is 14.6. The number of carbonyl (C=O) groups excluding carboxylic acids is 1. The SMILES string of the molecule is CC(C)(C)OC(=O)N1CCC(c2ncnc3c(Br)ccc(F)c23)CC1. The molecule has 0 spiro atoms. The molecule has 0 atom stereocenters. The Morgan fingerprint density at radius 2 is 1.96 bits per heavy atom. The fraction of sp³-hybridized carbons (Fsp3) is 0.500. The number of piperidine rings is 1. The van der Waals surface area contributed by atoms with Gasteiger partial charge in [0.25, 0.3) is 0 Å². The molecule has 3 rings (SSSR count). The molecule has 0 N–H and O–H groups in total. The van der Waals surface area contributed by atoms with Gasteiger partial charge >= 0.3 is 6.09 Å². The van der Waals surface area contributed by atoms with Gasteiger partial charge in [-0.3, -0.25) is 0 Å². The van der Waals surface area contributed by atoms with E-state index in [1.807, 2.05) is 20.8 Å². The molecule has 0 bridgehead atoms. The first kappa shape index (κ1) is 18.0. The number of fused-ring (bicyclic) bond motifs is 1. The van der Waals surface area contributed by atoms with Crippen LogP contribution in [0, 0.1) is 5.82 Å². The number of amides is 1. The van der Waals surface area contributed by atoms with E-state index < -0.39 is 5.60 Å². The van der Waals surface area contributed by atoms with Crippen molar-refractivity contribution in [2.24, 2.45) is 0 Å². The summed E-state index contributed by atoms with van der Waals surface area (Å²) in [7, 11) is 0. The molecule has 1 amide bonds. The second kappa shape index (κ2) is 6.86. The Labute approximate surface area is 154 Å². The fourth-order valence-electron chi connectivity index (χ4n) is 3.10. The van der Waals surface area contributed by atoms with E-state index in [9.17, 15) is 9.18 Å². The average Bonchev–Trinajstić information content (AvgIpc) is 2.56. The highest BCUT2D eigenvalue weighted by molar-refractivity contribution is 9.10. The molecule has 134 valence electrons. The van der Waals surface area contributed by atoms with Crippen LogP contribution >= 0.6 is 15.9 Å². The van der Waals surface area contributed by atoms with Crippen LogP contribution in [0.2, 0.25) is 0 Å². The number of aromatic nitrogens is 2. The van der Waals surface area contributed by atoms with E-state index in [2.05, 4.69) is 25.9 Å². The highest BCUT2D eigenvalue weighted by Crippen LogP contribution is 2.34. The summed E-state index contributed by atoms with van der Waals surface area (Å²) in [6, 6.07) is 3.08. The first-order chi connectivity index (χ1) is 11.8. The lowest BCUT2D eigenvalue weighted by molar-refractivity contribution is 0.0204. The van der Waals surface area contributed by atoms with Gasteiger partial charge in [0.1, 0.15) is 17.7 Å². The molecule has 1 aromatic heterocycles. The van der Waals surface area contributed by atoms with Crippen LogP contribution in [0.25, 0.3) is 10.9 Å². The van der Waals surface area contributed by atoms with E-state index in [-0.39, 0.29) is 17.8 Å². The summed E-state index contributed by atoms with van der Waals surface area (Å²) in [4.78, 5) is 22.4. The van der Waals surface area contributed by atoms with Crippen LogP contribution in [0.3, 0.4) is 0 Å². The van der Waals surface area contributed by atoms with E-state index in [0.717, 1.165) is 17.3 Å². The molecule has 1 aliphatic rings. The molecule has 0 saturated carbocycles. The summed E-state index contributed by atoms with van der Waals surface area (Å²) >= 11 is 3.42. The van der Waals surface area contributed by atoms with Crippen LogP contribution in [-0.4, -0.2) is 39.7 Å². The molecule has 0 aliphatic carbocycles. The molecule has 5 nitrogen and oxygen atoms in total. The van der Waals surface area contributed by atoms with Crippen LogP contribution in [0.5, 0.6) is 0 Å². The zero-order chi connectivity index (χ0) is 18.2. The highest BCUT2D eigenvalue weighted by Gasteiger charge is 2.29. The summed E-state index contributed by atoms with van der Waals surface area (Å²) in [5, 5.41) is 0.465. The Kier molecular flexibility index (Phi) is 4.95. The lowest BCUT2D eigenvalue weighted by atomic mass is 9.91. The highest BCUT2D eigenvalue weighted by atomic mass is 79.9. The third-order valence-electron chi connectivity index (χ3n) is 4.25. The third-order valence-corrected chi connectivity index (χ3v) is 4.89. The minimum Gasteiger partial charge on any atom is -0.444 e. The Hall–Kier alpha value is -1.76. The molecule has 2 aromatic rings. The summed E-state index contributed by atoms with van der Waals surface area (Å²) in [5.41, 5.74) is 0.791. The Morgan fingerprint density at radius 1 is 1.28 bits per heavy atom. The van der Waals surface area contributed by atoms with Crippen molar-refractivity contribution in [3.05, 3.63) is 34.4 Å². The number of rotatable bonds is 1. The van der Waals surface area contributed by atoms with Gasteiger partial charge in [-0.15, -0.1) is 0 Å². The second-order valence-corrected chi connectivity index (χ2v) is 8.11. The van der Waals surface area contributed by atoms with Gasteiger partial charge in [-0.1, -0.05) is 0 Å². The van der Waals surface area contributed by atoms with Gasteiger partial charge in [-0.25, -0.2) is 19.2 Å². The molecule has 1 aromatic carbocycles. The molecule has 1 fully saturated rings. The number of hydrogen-bond acceptors (Lipinski definition) is 4. The molecule has 7 heteroatoms. The number of hydrogen-bond donors (Lipinski definition) is 0. The molecule has 1 saturated heterocycles. The van der Waals surface area contributed by atoms with E-state index in [4.69, 9.17) is 4.74 Å². The normalized spacial score (nSPS) is 16.3. The summed E-state index contributed by atoms with van der Waals surface area (Å²) in [6.45, 7) is 6.70. The van der Waals surface area contributed by atoms with Crippen LogP contribution in [0.15, 0.2) is 22.9 Å². The largest absolute Gasteiger partial charge is 0.444 e. The van der Waals surface area contributed by atoms with E-state index in [0.29, 0.717) is 29.7 Å². The number of likely N-dealkylation sites (tertiary alicyclic amines) is 1. The molecular formula is C18H21BrFN3O2. The average molecular weight is 410 g/mol. The van der Waals surface area contributed by atoms with Crippen molar-refractivity contribution in [3.8, 4) is 0 Å².